The molecule has 0 N–H and O–H groups in total. The summed E-state index contributed by atoms with van der Waals surface area (Å²) in [5.74, 6) is 0. The highest BCUT2D eigenvalue weighted by Crippen LogP contribution is 2.49. The van der Waals surface area contributed by atoms with E-state index in [1.807, 2.05) is 36.4 Å². The van der Waals surface area contributed by atoms with Crippen LogP contribution in [0.4, 0.5) is 0 Å². The van der Waals surface area contributed by atoms with Gasteiger partial charge in [0.05, 0.1) is 112 Å². The molecule has 0 saturated heterocycles. The van der Waals surface area contributed by atoms with Gasteiger partial charge in [0, 0.05) is 76.1 Å². The summed E-state index contributed by atoms with van der Waals surface area (Å²) in [4.78, 5) is 21.3. The summed E-state index contributed by atoms with van der Waals surface area (Å²) >= 11 is 0. The van der Waals surface area contributed by atoms with Gasteiger partial charge in [0.2, 0.25) is 0 Å². The molecule has 8 nitrogen and oxygen atoms in total. The molecule has 0 aliphatic heterocycles. The first kappa shape index (κ1) is 69.3. The van der Waals surface area contributed by atoms with Crippen molar-refractivity contribution in [3.63, 3.8) is 0 Å². The maximum absolute atomic E-state index is 5.42. The summed E-state index contributed by atoms with van der Waals surface area (Å²) in [6, 6.07) is 154. The van der Waals surface area contributed by atoms with Gasteiger partial charge in [-0.2, -0.15) is 0 Å². The first-order chi connectivity index (χ1) is 61.5. The molecule has 124 heavy (non-hydrogen) atoms. The van der Waals surface area contributed by atoms with Crippen LogP contribution in [0.5, 0.6) is 0 Å². The zero-order valence-corrected chi connectivity index (χ0v) is 67.0. The Kier molecular flexibility index (Phi) is 15.3. The van der Waals surface area contributed by atoms with Gasteiger partial charge in [-0.3, -0.25) is 0 Å². The van der Waals surface area contributed by atoms with Gasteiger partial charge < -0.3 is 18.3 Å². The Morgan fingerprint density at radius 1 is 0.145 bits per heavy atom. The maximum atomic E-state index is 5.42. The van der Waals surface area contributed by atoms with Gasteiger partial charge in [-0.15, -0.1) is 0 Å². The lowest BCUT2D eigenvalue weighted by Crippen LogP contribution is -2.00. The highest BCUT2D eigenvalue weighted by Gasteiger charge is 2.28. The Morgan fingerprint density at radius 2 is 0.468 bits per heavy atom. The topological polar surface area (TPSA) is 71.3 Å². The lowest BCUT2D eigenvalue weighted by molar-refractivity contribution is 1.18. The number of para-hydroxylation sites is 6. The third-order valence-electron chi connectivity index (χ3n) is 25.9. The van der Waals surface area contributed by atoms with Crippen LogP contribution in [0, 0.1) is 0 Å². The van der Waals surface area contributed by atoms with Crippen molar-refractivity contribution < 1.29 is 0 Å². The predicted molar refractivity (Wildman–Crippen MR) is 521 cm³/mol. The van der Waals surface area contributed by atoms with Crippen LogP contribution in [0.25, 0.3) is 252 Å². The second-order valence-electron chi connectivity index (χ2n) is 32.6. The van der Waals surface area contributed by atoms with Gasteiger partial charge in [-0.05, 0) is 192 Å². The standard InChI is InChI=1S/C60H36N4.C56H34N4/c1-2-16-39-34-42(29-28-37(39)14-1)59-60(62-50-24-11-10-23-49(50)61-59)46-31-33-52(45-21-8-7-20-44(45)46)64-54-27-13-26-53(58(54)48-35-40-17-3-4-18-41(40)36-56(48)64)63-51-25-12-9-22-47(51)57-43-19-6-5-15-38(43)30-32-55(57)63;1-2-16-36(17-3-1)55-56(58-46-25-12-11-24-45(46)57-55)42-30-32-48(41-22-9-8-21-40(41)42)60-50-28-14-27-49(54(50)44-33-37-18-4-5-19-38(37)34-52(44)60)59-47-26-13-10-23-43(47)53-39-20-7-6-15-35(39)29-31-51(53)59/h1-36H;1-34H. The second-order valence-corrected chi connectivity index (χ2v) is 32.6. The van der Waals surface area contributed by atoms with Crippen molar-refractivity contribution in [2.45, 2.75) is 0 Å². The Balaban J connectivity index is 0.000000133. The number of nitrogens with zero attached hydrogens (tertiary/aromatic N) is 8. The molecule has 0 atom stereocenters. The van der Waals surface area contributed by atoms with E-state index in [1.165, 1.54) is 119 Å². The summed E-state index contributed by atoms with van der Waals surface area (Å²) in [7, 11) is 0. The molecule has 0 aliphatic carbocycles. The molecular formula is C116H70N8. The molecule has 0 fully saturated rings. The number of hydrogen-bond donors (Lipinski definition) is 0. The maximum Gasteiger partial charge on any atom is 0.0979 e. The van der Waals surface area contributed by atoms with Crippen LogP contribution in [0.15, 0.2) is 425 Å². The number of benzene rings is 21. The van der Waals surface area contributed by atoms with Crippen LogP contribution >= 0.6 is 0 Å². The quantitative estimate of drug-likeness (QED) is 0.152. The fraction of sp³-hybridized carbons (Fsp3) is 0. The van der Waals surface area contributed by atoms with Crippen molar-refractivity contribution >= 4 is 185 Å². The van der Waals surface area contributed by atoms with E-state index in [9.17, 15) is 0 Å². The normalized spacial score (nSPS) is 12.0. The van der Waals surface area contributed by atoms with Gasteiger partial charge in [-0.1, -0.05) is 297 Å². The average molecular weight is 1580 g/mol. The Bertz CT molecular complexity index is 9220. The summed E-state index contributed by atoms with van der Waals surface area (Å²) in [6.45, 7) is 0. The van der Waals surface area contributed by atoms with E-state index in [1.54, 1.807) is 0 Å². The first-order valence-corrected chi connectivity index (χ1v) is 42.4. The van der Waals surface area contributed by atoms with E-state index in [4.69, 9.17) is 19.9 Å². The van der Waals surface area contributed by atoms with Gasteiger partial charge in [0.15, 0.2) is 0 Å². The molecule has 0 spiro atoms. The van der Waals surface area contributed by atoms with Crippen molar-refractivity contribution in [1.82, 2.24) is 38.2 Å². The Morgan fingerprint density at radius 3 is 0.927 bits per heavy atom. The van der Waals surface area contributed by atoms with E-state index in [2.05, 4.69) is 407 Å². The van der Waals surface area contributed by atoms with Crippen LogP contribution in [0.3, 0.4) is 0 Å². The summed E-state index contributed by atoms with van der Waals surface area (Å²) in [6.07, 6.45) is 0. The number of hydrogen-bond acceptors (Lipinski definition) is 4. The van der Waals surface area contributed by atoms with Crippen molar-refractivity contribution in [2.75, 3.05) is 0 Å². The molecular weight excluding hydrogens is 1510 g/mol. The monoisotopic (exact) mass is 1570 g/mol. The first-order valence-electron chi connectivity index (χ1n) is 42.4. The minimum absolute atomic E-state index is 0.867. The molecule has 0 amide bonds. The largest absolute Gasteiger partial charge is 0.309 e. The molecule has 0 aliphatic rings. The average Bonchev–Trinajstić information content (AvgIpc) is 1.55. The SMILES string of the molecule is c1ccc(-c2nc3ccccc3nc2-c2ccc(-n3c4cc5ccccc5cc4c4c(-n5c6ccccc6c6c7ccccc7ccc65)cccc43)c3ccccc23)cc1.c1ccc2cc(-c3nc4ccccc4nc3-c3ccc(-n4c5cc6ccccc6cc5c5c(-n6c7ccccc7c7c8ccccc8ccc76)cccc54)c4ccccc34)ccc2c1. The molecule has 6 heterocycles. The van der Waals surface area contributed by atoms with Crippen molar-refractivity contribution in [3.8, 4) is 67.8 Å². The third kappa shape index (κ3) is 10.6. The molecule has 0 bridgehead atoms. The van der Waals surface area contributed by atoms with E-state index in [0.717, 1.165) is 133 Å². The Labute approximate surface area is 710 Å². The lowest BCUT2D eigenvalue weighted by Gasteiger charge is -2.17. The van der Waals surface area contributed by atoms with Crippen LogP contribution in [-0.4, -0.2) is 38.2 Å². The van der Waals surface area contributed by atoms with Crippen LogP contribution in [0.2, 0.25) is 0 Å². The minimum Gasteiger partial charge on any atom is -0.309 e. The van der Waals surface area contributed by atoms with Crippen LogP contribution in [0.1, 0.15) is 0 Å². The molecule has 27 rings (SSSR count). The zero-order valence-electron chi connectivity index (χ0n) is 67.0. The third-order valence-corrected chi connectivity index (χ3v) is 25.9. The van der Waals surface area contributed by atoms with E-state index < -0.39 is 0 Å². The lowest BCUT2D eigenvalue weighted by atomic mass is 9.96. The van der Waals surface area contributed by atoms with E-state index in [0.29, 0.717) is 0 Å². The fourth-order valence-electron chi connectivity index (χ4n) is 20.4. The van der Waals surface area contributed by atoms with Gasteiger partial charge in [0.1, 0.15) is 0 Å². The van der Waals surface area contributed by atoms with Gasteiger partial charge in [-0.25, -0.2) is 19.9 Å². The molecule has 0 unspecified atom stereocenters. The zero-order chi connectivity index (χ0) is 81.2. The van der Waals surface area contributed by atoms with Crippen LogP contribution < -0.4 is 0 Å². The molecule has 0 saturated carbocycles. The molecule has 574 valence electrons. The van der Waals surface area contributed by atoms with Crippen molar-refractivity contribution in [2.24, 2.45) is 0 Å². The summed E-state index contributed by atoms with van der Waals surface area (Å²) in [5, 5.41) is 26.7. The van der Waals surface area contributed by atoms with Gasteiger partial charge in [0.25, 0.3) is 0 Å². The molecule has 6 aromatic heterocycles. The molecule has 0 radical (unpaired) electrons. The van der Waals surface area contributed by atoms with Crippen molar-refractivity contribution in [1.29, 1.82) is 0 Å². The number of rotatable bonds is 8. The van der Waals surface area contributed by atoms with E-state index in [-0.39, 0.29) is 0 Å². The van der Waals surface area contributed by atoms with Crippen molar-refractivity contribution in [3.05, 3.63) is 425 Å². The smallest absolute Gasteiger partial charge is 0.0979 e. The highest BCUT2D eigenvalue weighted by atomic mass is 15.0. The predicted octanol–water partition coefficient (Wildman–Crippen LogP) is 30.4. The number of fused-ring (bicyclic) bond motifs is 23. The summed E-state index contributed by atoms with van der Waals surface area (Å²) in [5.41, 5.74) is 25.1. The fourth-order valence-corrected chi connectivity index (χ4v) is 20.4. The van der Waals surface area contributed by atoms with Gasteiger partial charge >= 0.3 is 0 Å². The molecule has 21 aromatic carbocycles. The Hall–Kier alpha value is -16.7. The van der Waals surface area contributed by atoms with E-state index >= 15 is 0 Å². The molecule has 8 heteroatoms. The molecule has 27 aromatic rings. The number of aromatic nitrogens is 8. The second kappa shape index (κ2) is 27.4. The highest BCUT2D eigenvalue weighted by molar-refractivity contribution is 6.27. The minimum atomic E-state index is 0.867. The van der Waals surface area contributed by atoms with Crippen LogP contribution in [-0.2, 0) is 0 Å². The summed E-state index contributed by atoms with van der Waals surface area (Å²) < 4.78 is 9.96.